The summed E-state index contributed by atoms with van der Waals surface area (Å²) in [5, 5.41) is 18.5. The molecule has 34 heavy (non-hydrogen) atoms. The highest BCUT2D eigenvalue weighted by atomic mass is 16.5. The molecule has 10 nitrogen and oxygen atoms in total. The third-order valence-electron chi connectivity index (χ3n) is 5.30. The van der Waals surface area contributed by atoms with Crippen molar-refractivity contribution in [3.63, 3.8) is 0 Å². The molecule has 0 aliphatic heterocycles. The highest BCUT2D eigenvalue weighted by molar-refractivity contribution is 5.96. The van der Waals surface area contributed by atoms with Gasteiger partial charge in [-0.1, -0.05) is 30.3 Å². The molecule has 0 unspecified atom stereocenters. The van der Waals surface area contributed by atoms with Crippen LogP contribution in [-0.2, 0) is 4.74 Å². The molecule has 0 bridgehead atoms. The predicted molar refractivity (Wildman–Crippen MR) is 123 cm³/mol. The number of nitriles is 1. The molecular formula is C24H16N6O4. The van der Waals surface area contributed by atoms with Crippen LogP contribution in [0.25, 0.3) is 33.6 Å². The van der Waals surface area contributed by atoms with Crippen molar-refractivity contribution in [2.45, 2.75) is 0 Å². The van der Waals surface area contributed by atoms with Crippen molar-refractivity contribution in [3.05, 3.63) is 88.7 Å². The second kappa shape index (κ2) is 8.07. The minimum Gasteiger partial charge on any atom is -0.464 e. The summed E-state index contributed by atoms with van der Waals surface area (Å²) in [6.45, 7) is 0. The number of esters is 1. The van der Waals surface area contributed by atoms with E-state index >= 15 is 0 Å². The van der Waals surface area contributed by atoms with Crippen molar-refractivity contribution in [2.24, 2.45) is 0 Å². The van der Waals surface area contributed by atoms with Crippen molar-refractivity contribution < 1.29 is 13.9 Å². The van der Waals surface area contributed by atoms with Gasteiger partial charge in [0.15, 0.2) is 11.4 Å². The van der Waals surface area contributed by atoms with Gasteiger partial charge in [-0.3, -0.25) is 0 Å². The number of nitrogens with zero attached hydrogens (tertiary/aromatic N) is 5. The number of aromatic nitrogens is 4. The molecule has 2 N–H and O–H groups in total. The fourth-order valence-corrected chi connectivity index (χ4v) is 3.62. The largest absolute Gasteiger partial charge is 0.464 e. The fourth-order valence-electron chi connectivity index (χ4n) is 3.62. The number of nitrogen functional groups attached to an aromatic ring is 1. The minimum atomic E-state index is -0.699. The molecule has 0 saturated heterocycles. The summed E-state index contributed by atoms with van der Waals surface area (Å²) < 4.78 is 11.8. The van der Waals surface area contributed by atoms with Gasteiger partial charge >= 0.3 is 11.6 Å². The van der Waals surface area contributed by atoms with Gasteiger partial charge in [0, 0.05) is 28.9 Å². The summed E-state index contributed by atoms with van der Waals surface area (Å²) in [6, 6.07) is 18.0. The number of carbonyl (C=O) groups excluding carboxylic acids is 1. The summed E-state index contributed by atoms with van der Waals surface area (Å²) in [4.78, 5) is 26.2. The topological polar surface area (TPSA) is 142 Å². The van der Waals surface area contributed by atoms with Gasteiger partial charge in [0.05, 0.1) is 24.6 Å². The lowest BCUT2D eigenvalue weighted by molar-refractivity contribution is 0.0593. The molecule has 0 saturated carbocycles. The van der Waals surface area contributed by atoms with Crippen LogP contribution in [0.4, 0.5) is 5.69 Å². The lowest BCUT2D eigenvalue weighted by Crippen LogP contribution is -2.13. The molecule has 2 aromatic carbocycles. The number of ether oxygens (including phenoxy) is 1. The molecule has 10 heteroatoms. The van der Waals surface area contributed by atoms with Gasteiger partial charge in [0.25, 0.3) is 0 Å². The second-order valence-corrected chi connectivity index (χ2v) is 7.30. The SMILES string of the molecule is COC(=O)c1c(N)c(C#N)cn1-c1ccc2cc(-n3ncc(-c4ccccc4)n3)c(=O)oc2c1. The predicted octanol–water partition coefficient (Wildman–Crippen LogP) is 3.07. The van der Waals surface area contributed by atoms with Gasteiger partial charge in [0.1, 0.15) is 17.3 Å². The third-order valence-corrected chi connectivity index (χ3v) is 5.30. The van der Waals surface area contributed by atoms with Crippen molar-refractivity contribution in [3.8, 4) is 28.7 Å². The molecule has 0 fully saturated rings. The minimum absolute atomic E-state index is 0.00484. The zero-order valence-electron chi connectivity index (χ0n) is 17.8. The number of hydrogen-bond donors (Lipinski definition) is 1. The lowest BCUT2D eigenvalue weighted by Gasteiger charge is -2.09. The van der Waals surface area contributed by atoms with E-state index in [0.29, 0.717) is 16.8 Å². The van der Waals surface area contributed by atoms with Gasteiger partial charge < -0.3 is 19.5 Å². The molecular weight excluding hydrogens is 436 g/mol. The molecule has 0 aliphatic rings. The highest BCUT2D eigenvalue weighted by Crippen LogP contribution is 2.27. The number of rotatable bonds is 4. The van der Waals surface area contributed by atoms with Crippen molar-refractivity contribution in [1.82, 2.24) is 19.6 Å². The quantitative estimate of drug-likeness (QED) is 0.324. The molecule has 0 amide bonds. The Morgan fingerprint density at radius 3 is 2.71 bits per heavy atom. The monoisotopic (exact) mass is 452 g/mol. The Balaban J connectivity index is 1.59. The van der Waals surface area contributed by atoms with E-state index < -0.39 is 11.6 Å². The van der Waals surface area contributed by atoms with E-state index in [1.54, 1.807) is 30.5 Å². The van der Waals surface area contributed by atoms with E-state index in [2.05, 4.69) is 10.2 Å². The summed E-state index contributed by atoms with van der Waals surface area (Å²) in [5.74, 6) is -0.699. The van der Waals surface area contributed by atoms with Crippen LogP contribution < -0.4 is 11.4 Å². The Bertz CT molecular complexity index is 1660. The number of carbonyl (C=O) groups is 1. The first-order chi connectivity index (χ1) is 16.5. The van der Waals surface area contributed by atoms with Crippen LogP contribution >= 0.6 is 0 Å². The van der Waals surface area contributed by atoms with Crippen LogP contribution in [0.15, 0.2) is 76.2 Å². The van der Waals surface area contributed by atoms with E-state index in [-0.39, 0.29) is 28.2 Å². The van der Waals surface area contributed by atoms with Crippen LogP contribution in [0.5, 0.6) is 0 Å². The van der Waals surface area contributed by atoms with E-state index in [9.17, 15) is 14.9 Å². The van der Waals surface area contributed by atoms with E-state index in [0.717, 1.165) is 5.56 Å². The lowest BCUT2D eigenvalue weighted by atomic mass is 10.2. The number of anilines is 1. The van der Waals surface area contributed by atoms with E-state index in [1.807, 2.05) is 36.4 Å². The summed E-state index contributed by atoms with van der Waals surface area (Å²) in [6.07, 6.45) is 2.99. The summed E-state index contributed by atoms with van der Waals surface area (Å²) in [7, 11) is 1.22. The number of fused-ring (bicyclic) bond motifs is 1. The zero-order valence-corrected chi connectivity index (χ0v) is 17.8. The number of nitrogens with two attached hydrogens (primary N) is 1. The average Bonchev–Trinajstić information content (AvgIpc) is 3.48. The van der Waals surface area contributed by atoms with Crippen LogP contribution in [0.2, 0.25) is 0 Å². The first kappa shape index (κ1) is 20.7. The Morgan fingerprint density at radius 1 is 1.18 bits per heavy atom. The maximum Gasteiger partial charge on any atom is 0.364 e. The molecule has 0 aliphatic carbocycles. The Hall–Kier alpha value is -5.17. The number of methoxy groups -OCH3 is 1. The van der Waals surface area contributed by atoms with Crippen LogP contribution in [-0.4, -0.2) is 32.6 Å². The molecule has 166 valence electrons. The standard InChI is InChI=1S/C24H16N6O4/c1-33-24(32)22-21(26)16(11-25)13-29(22)17-8-7-15-9-19(23(31)34-20(15)10-17)30-27-12-18(28-30)14-5-3-2-4-6-14/h2-10,12-13H,26H2,1H3. The maximum absolute atomic E-state index is 12.7. The summed E-state index contributed by atoms with van der Waals surface area (Å²) in [5.41, 5.74) is 7.81. The van der Waals surface area contributed by atoms with Crippen molar-refractivity contribution >= 4 is 22.6 Å². The molecule has 0 atom stereocenters. The first-order valence-electron chi connectivity index (χ1n) is 10.1. The maximum atomic E-state index is 12.7. The van der Waals surface area contributed by atoms with Gasteiger partial charge in [-0.15, -0.1) is 9.90 Å². The van der Waals surface area contributed by atoms with Crippen LogP contribution in [0.3, 0.4) is 0 Å². The fraction of sp³-hybridized carbons (Fsp3) is 0.0417. The first-order valence-corrected chi connectivity index (χ1v) is 10.1. The van der Waals surface area contributed by atoms with Gasteiger partial charge in [-0.05, 0) is 18.2 Å². The molecule has 3 heterocycles. The number of benzene rings is 2. The van der Waals surface area contributed by atoms with Crippen molar-refractivity contribution in [1.29, 1.82) is 5.26 Å². The average molecular weight is 452 g/mol. The van der Waals surface area contributed by atoms with E-state index in [4.69, 9.17) is 14.9 Å². The highest BCUT2D eigenvalue weighted by Gasteiger charge is 2.22. The normalized spacial score (nSPS) is 10.8. The Kier molecular flexibility index (Phi) is 4.92. The molecule has 0 radical (unpaired) electrons. The van der Waals surface area contributed by atoms with Gasteiger partial charge in [0.2, 0.25) is 0 Å². The molecule has 5 aromatic rings. The van der Waals surface area contributed by atoms with Gasteiger partial charge in [-0.25, -0.2) is 9.59 Å². The Labute approximate surface area is 192 Å². The Morgan fingerprint density at radius 2 is 1.97 bits per heavy atom. The third kappa shape index (κ3) is 3.37. The molecule has 0 spiro atoms. The van der Waals surface area contributed by atoms with Crippen molar-refractivity contribution in [2.75, 3.05) is 12.8 Å². The zero-order chi connectivity index (χ0) is 23.8. The number of hydrogen-bond acceptors (Lipinski definition) is 8. The van der Waals surface area contributed by atoms with Crippen LogP contribution in [0.1, 0.15) is 16.1 Å². The van der Waals surface area contributed by atoms with Gasteiger partial charge in [-0.2, -0.15) is 10.4 Å². The second-order valence-electron chi connectivity index (χ2n) is 7.30. The van der Waals surface area contributed by atoms with E-state index in [1.165, 1.54) is 22.7 Å². The molecule has 3 aromatic heterocycles. The summed E-state index contributed by atoms with van der Waals surface area (Å²) >= 11 is 0. The van der Waals surface area contributed by atoms with Crippen LogP contribution in [0, 0.1) is 11.3 Å². The smallest absolute Gasteiger partial charge is 0.364 e. The molecule has 5 rings (SSSR count).